The van der Waals surface area contributed by atoms with E-state index in [2.05, 4.69) is 10.6 Å². The summed E-state index contributed by atoms with van der Waals surface area (Å²) in [5, 5.41) is 4.62. The van der Waals surface area contributed by atoms with Gasteiger partial charge in [0.1, 0.15) is 5.75 Å². The highest BCUT2D eigenvalue weighted by molar-refractivity contribution is 6.05. The number of benzene rings is 2. The fraction of sp³-hybridized carbons (Fsp3) is 0.182. The largest absolute Gasteiger partial charge is 0.494 e. The number of anilines is 2. The predicted molar refractivity (Wildman–Crippen MR) is 108 cm³/mol. The number of nitrogens with one attached hydrogen (secondary N) is 2. The molecule has 2 N–H and O–H groups in total. The number of hydrogen-bond acceptors (Lipinski definition) is 4. The second-order valence-corrected chi connectivity index (χ2v) is 6.56. The highest BCUT2D eigenvalue weighted by atomic mass is 19.4. The summed E-state index contributed by atoms with van der Waals surface area (Å²) in [7, 11) is 0. The summed E-state index contributed by atoms with van der Waals surface area (Å²) in [6.45, 7) is 4.00. The van der Waals surface area contributed by atoms with E-state index in [0.717, 1.165) is 12.1 Å². The van der Waals surface area contributed by atoms with Gasteiger partial charge in [-0.2, -0.15) is 13.2 Å². The van der Waals surface area contributed by atoms with Gasteiger partial charge in [0.25, 0.3) is 11.8 Å². The van der Waals surface area contributed by atoms with E-state index in [0.29, 0.717) is 17.9 Å². The molecule has 0 radical (unpaired) electrons. The number of hydrogen-bond donors (Lipinski definition) is 2. The molecule has 31 heavy (non-hydrogen) atoms. The van der Waals surface area contributed by atoms with Crippen LogP contribution in [0.1, 0.15) is 39.0 Å². The van der Waals surface area contributed by atoms with Crippen molar-refractivity contribution >= 4 is 23.2 Å². The van der Waals surface area contributed by atoms with E-state index in [1.807, 2.05) is 6.92 Å². The lowest BCUT2D eigenvalue weighted by molar-refractivity contribution is -0.136. The number of amides is 2. The molecule has 3 rings (SSSR count). The van der Waals surface area contributed by atoms with E-state index < -0.39 is 29.2 Å². The molecule has 0 aliphatic rings. The summed E-state index contributed by atoms with van der Waals surface area (Å²) in [5.74, 6) is -0.854. The van der Waals surface area contributed by atoms with E-state index in [1.54, 1.807) is 13.0 Å². The molecule has 0 aliphatic carbocycles. The standard InChI is InChI=1S/C22H19F3N2O4/c1-3-30-18-9-6-14(11-13(18)2)20(28)27-17-8-7-15(12-16(17)22(23,24)25)26-21(29)19-5-4-10-31-19/h4-12H,3H2,1-2H3,(H,26,29)(H,27,28). The first kappa shape index (κ1) is 21.9. The van der Waals surface area contributed by atoms with Crippen molar-refractivity contribution < 1.29 is 31.9 Å². The highest BCUT2D eigenvalue weighted by Crippen LogP contribution is 2.37. The van der Waals surface area contributed by atoms with Gasteiger partial charge < -0.3 is 19.8 Å². The third kappa shape index (κ3) is 5.25. The van der Waals surface area contributed by atoms with Crippen LogP contribution in [0.5, 0.6) is 5.75 Å². The van der Waals surface area contributed by atoms with Crippen molar-refractivity contribution in [2.75, 3.05) is 17.2 Å². The molecule has 162 valence electrons. The molecule has 0 saturated heterocycles. The Labute approximate surface area is 176 Å². The van der Waals surface area contributed by atoms with Crippen LogP contribution in [0.15, 0.2) is 59.2 Å². The summed E-state index contributed by atoms with van der Waals surface area (Å²) < 4.78 is 51.1. The van der Waals surface area contributed by atoms with Crippen molar-refractivity contribution in [2.24, 2.45) is 0 Å². The van der Waals surface area contributed by atoms with Crippen molar-refractivity contribution in [1.82, 2.24) is 0 Å². The Morgan fingerprint density at radius 3 is 2.42 bits per heavy atom. The van der Waals surface area contributed by atoms with Gasteiger partial charge in [0, 0.05) is 11.3 Å². The van der Waals surface area contributed by atoms with Crippen LogP contribution in [-0.2, 0) is 6.18 Å². The molecule has 2 amide bonds. The number of alkyl halides is 3. The Morgan fingerprint density at radius 2 is 1.81 bits per heavy atom. The molecule has 0 fully saturated rings. The Morgan fingerprint density at radius 1 is 1.03 bits per heavy atom. The van der Waals surface area contributed by atoms with Crippen molar-refractivity contribution in [2.45, 2.75) is 20.0 Å². The van der Waals surface area contributed by atoms with Crippen molar-refractivity contribution in [3.8, 4) is 5.75 Å². The van der Waals surface area contributed by atoms with Crippen LogP contribution in [0.2, 0.25) is 0 Å². The molecule has 0 aliphatic heterocycles. The Kier molecular flexibility index (Phi) is 6.33. The minimum Gasteiger partial charge on any atom is -0.494 e. The van der Waals surface area contributed by atoms with Gasteiger partial charge in [-0.1, -0.05) is 0 Å². The van der Waals surface area contributed by atoms with Gasteiger partial charge in [-0.3, -0.25) is 9.59 Å². The minimum atomic E-state index is -4.76. The predicted octanol–water partition coefficient (Wildman–Crippen LogP) is 5.51. The van der Waals surface area contributed by atoms with Gasteiger partial charge in [0.2, 0.25) is 0 Å². The van der Waals surface area contributed by atoms with Crippen molar-refractivity contribution in [3.05, 3.63) is 77.2 Å². The molecule has 0 spiro atoms. The summed E-state index contributed by atoms with van der Waals surface area (Å²) in [5.41, 5.74) is -0.754. The van der Waals surface area contributed by atoms with Crippen LogP contribution in [0.4, 0.5) is 24.5 Å². The highest BCUT2D eigenvalue weighted by Gasteiger charge is 2.34. The number of aryl methyl sites for hydroxylation is 1. The Balaban J connectivity index is 1.84. The number of halogens is 3. The lowest BCUT2D eigenvalue weighted by Gasteiger charge is -2.16. The zero-order valence-electron chi connectivity index (χ0n) is 16.7. The molecule has 0 saturated carbocycles. The summed E-state index contributed by atoms with van der Waals surface area (Å²) in [4.78, 5) is 24.6. The zero-order chi connectivity index (χ0) is 22.6. The van der Waals surface area contributed by atoms with Crippen LogP contribution < -0.4 is 15.4 Å². The number of ether oxygens (including phenoxy) is 1. The second kappa shape index (κ2) is 8.95. The fourth-order valence-electron chi connectivity index (χ4n) is 2.87. The number of carbonyl (C=O) groups excluding carboxylic acids is 2. The first-order chi connectivity index (χ1) is 14.7. The molecule has 2 aromatic carbocycles. The molecule has 1 heterocycles. The third-order valence-electron chi connectivity index (χ3n) is 4.31. The average Bonchev–Trinajstić information content (AvgIpc) is 3.25. The fourth-order valence-corrected chi connectivity index (χ4v) is 2.87. The molecule has 6 nitrogen and oxygen atoms in total. The topological polar surface area (TPSA) is 80.6 Å². The lowest BCUT2D eigenvalue weighted by atomic mass is 10.1. The molecule has 9 heteroatoms. The second-order valence-electron chi connectivity index (χ2n) is 6.56. The molecular formula is C22H19F3N2O4. The molecule has 1 aromatic heterocycles. The van der Waals surface area contributed by atoms with Crippen LogP contribution in [0.25, 0.3) is 0 Å². The maximum Gasteiger partial charge on any atom is 0.418 e. The quantitative estimate of drug-likeness (QED) is 0.538. The summed E-state index contributed by atoms with van der Waals surface area (Å²) >= 11 is 0. The van der Waals surface area contributed by atoms with Gasteiger partial charge in [-0.05, 0) is 67.9 Å². The molecule has 3 aromatic rings. The van der Waals surface area contributed by atoms with Crippen molar-refractivity contribution in [3.63, 3.8) is 0 Å². The van der Waals surface area contributed by atoms with Crippen LogP contribution >= 0.6 is 0 Å². The third-order valence-corrected chi connectivity index (χ3v) is 4.31. The summed E-state index contributed by atoms with van der Waals surface area (Å²) in [6, 6.07) is 10.6. The lowest BCUT2D eigenvalue weighted by Crippen LogP contribution is -2.18. The number of rotatable bonds is 6. The van der Waals surface area contributed by atoms with E-state index >= 15 is 0 Å². The number of furan rings is 1. The smallest absolute Gasteiger partial charge is 0.418 e. The van der Waals surface area contributed by atoms with Gasteiger partial charge >= 0.3 is 6.18 Å². The van der Waals surface area contributed by atoms with Gasteiger partial charge in [-0.15, -0.1) is 0 Å². The molecule has 0 unspecified atom stereocenters. The van der Waals surface area contributed by atoms with E-state index in [-0.39, 0.29) is 17.0 Å². The molecular weight excluding hydrogens is 413 g/mol. The van der Waals surface area contributed by atoms with Crippen LogP contribution in [0.3, 0.4) is 0 Å². The van der Waals surface area contributed by atoms with Gasteiger partial charge in [0.05, 0.1) is 24.1 Å². The average molecular weight is 432 g/mol. The normalized spacial score (nSPS) is 11.1. The maximum absolute atomic E-state index is 13.6. The SMILES string of the molecule is CCOc1ccc(C(=O)Nc2ccc(NC(=O)c3ccco3)cc2C(F)(F)F)cc1C. The maximum atomic E-state index is 13.6. The monoisotopic (exact) mass is 432 g/mol. The minimum absolute atomic E-state index is 0.0446. The Bertz CT molecular complexity index is 1090. The molecule has 0 bridgehead atoms. The van der Waals surface area contributed by atoms with E-state index in [1.165, 1.54) is 36.6 Å². The number of carbonyl (C=O) groups is 2. The van der Waals surface area contributed by atoms with E-state index in [4.69, 9.17) is 9.15 Å². The Hall–Kier alpha value is -3.75. The van der Waals surface area contributed by atoms with Crippen molar-refractivity contribution in [1.29, 1.82) is 0 Å². The van der Waals surface area contributed by atoms with E-state index in [9.17, 15) is 22.8 Å². The van der Waals surface area contributed by atoms with Crippen LogP contribution in [0, 0.1) is 6.92 Å². The first-order valence-electron chi connectivity index (χ1n) is 9.30. The van der Waals surface area contributed by atoms with Crippen LogP contribution in [-0.4, -0.2) is 18.4 Å². The first-order valence-corrected chi connectivity index (χ1v) is 9.30. The summed E-state index contributed by atoms with van der Waals surface area (Å²) in [6.07, 6.45) is -3.49. The zero-order valence-corrected chi connectivity index (χ0v) is 16.7. The van der Waals surface area contributed by atoms with Gasteiger partial charge in [0.15, 0.2) is 5.76 Å². The molecule has 0 atom stereocenters. The van der Waals surface area contributed by atoms with Gasteiger partial charge in [-0.25, -0.2) is 0 Å².